The molecule has 0 bridgehead atoms. The van der Waals surface area contributed by atoms with Crippen molar-refractivity contribution < 1.29 is 19.1 Å². The number of carbonyl (C=O) groups is 3. The van der Waals surface area contributed by atoms with Gasteiger partial charge in [0.15, 0.2) is 5.78 Å². The average molecular weight is 373 g/mol. The van der Waals surface area contributed by atoms with Gasteiger partial charge in [-0.1, -0.05) is 19.4 Å². The number of ketones is 2. The number of esters is 1. The van der Waals surface area contributed by atoms with Gasteiger partial charge >= 0.3 is 5.97 Å². The summed E-state index contributed by atoms with van der Waals surface area (Å²) in [7, 11) is 0. The highest BCUT2D eigenvalue weighted by atomic mass is 16.5. The molecule has 0 aromatic heterocycles. The molecule has 4 aliphatic rings. The number of rotatable bonds is 2. The van der Waals surface area contributed by atoms with E-state index in [2.05, 4.69) is 13.8 Å². The summed E-state index contributed by atoms with van der Waals surface area (Å²) >= 11 is 0. The normalized spacial score (nSPS) is 46.0. The van der Waals surface area contributed by atoms with Crippen molar-refractivity contribution in [3.8, 4) is 0 Å². The third kappa shape index (κ3) is 2.74. The van der Waals surface area contributed by atoms with Gasteiger partial charge in [-0.05, 0) is 74.2 Å². The van der Waals surface area contributed by atoms with Crippen LogP contribution in [-0.4, -0.2) is 23.6 Å². The fourth-order valence-electron chi connectivity index (χ4n) is 7.37. The summed E-state index contributed by atoms with van der Waals surface area (Å²) in [5.41, 5.74) is 1.21. The molecule has 27 heavy (non-hydrogen) atoms. The lowest BCUT2D eigenvalue weighted by Crippen LogP contribution is -2.54. The Kier molecular flexibility index (Phi) is 4.40. The van der Waals surface area contributed by atoms with Crippen LogP contribution >= 0.6 is 0 Å². The SMILES string of the molecule is CC(=O)O[C@H]1CC[C@@]2(C)C(=CC(=O)[C@@H]3[C@H]4CC[C@@H](C(C)=O)[C@@]4(C)CC[C@H]32)C1. The lowest BCUT2D eigenvalue weighted by Gasteiger charge is -2.57. The molecule has 3 saturated carbocycles. The van der Waals surface area contributed by atoms with Crippen LogP contribution in [-0.2, 0) is 19.1 Å². The largest absolute Gasteiger partial charge is 0.462 e. The van der Waals surface area contributed by atoms with Crippen LogP contribution < -0.4 is 0 Å². The van der Waals surface area contributed by atoms with Gasteiger partial charge < -0.3 is 4.74 Å². The van der Waals surface area contributed by atoms with E-state index >= 15 is 0 Å². The maximum Gasteiger partial charge on any atom is 0.302 e. The van der Waals surface area contributed by atoms with E-state index < -0.39 is 0 Å². The molecular weight excluding hydrogens is 340 g/mol. The highest BCUT2D eigenvalue weighted by molar-refractivity contribution is 5.95. The van der Waals surface area contributed by atoms with Gasteiger partial charge in [0.05, 0.1) is 0 Å². The van der Waals surface area contributed by atoms with Crippen molar-refractivity contribution in [3.05, 3.63) is 11.6 Å². The summed E-state index contributed by atoms with van der Waals surface area (Å²) in [6.07, 6.45) is 8.37. The molecule has 0 aromatic carbocycles. The predicted octanol–water partition coefficient (Wildman–Crippen LogP) is 4.27. The Morgan fingerprint density at radius 3 is 2.44 bits per heavy atom. The molecule has 0 N–H and O–H groups in total. The second kappa shape index (κ2) is 6.28. The minimum Gasteiger partial charge on any atom is -0.462 e. The summed E-state index contributed by atoms with van der Waals surface area (Å²) < 4.78 is 5.45. The van der Waals surface area contributed by atoms with E-state index in [1.54, 1.807) is 6.92 Å². The lowest BCUT2D eigenvalue weighted by molar-refractivity contribution is -0.149. The van der Waals surface area contributed by atoms with E-state index in [1.165, 1.54) is 12.5 Å². The molecule has 3 fully saturated rings. The Hall–Kier alpha value is -1.45. The van der Waals surface area contributed by atoms with E-state index in [-0.39, 0.29) is 40.5 Å². The summed E-state index contributed by atoms with van der Waals surface area (Å²) in [4.78, 5) is 36.8. The molecule has 0 radical (unpaired) electrons. The van der Waals surface area contributed by atoms with Crippen LogP contribution in [0.25, 0.3) is 0 Å². The molecule has 4 rings (SSSR count). The zero-order valence-corrected chi connectivity index (χ0v) is 17.0. The molecule has 4 heteroatoms. The van der Waals surface area contributed by atoms with Crippen molar-refractivity contribution in [1.82, 2.24) is 0 Å². The van der Waals surface area contributed by atoms with Gasteiger partial charge in [0, 0.05) is 25.2 Å². The molecule has 0 aliphatic heterocycles. The topological polar surface area (TPSA) is 60.4 Å². The van der Waals surface area contributed by atoms with Crippen LogP contribution in [0.15, 0.2) is 11.6 Å². The first kappa shape index (κ1) is 18.9. The van der Waals surface area contributed by atoms with Gasteiger partial charge in [-0.25, -0.2) is 0 Å². The van der Waals surface area contributed by atoms with E-state index in [4.69, 9.17) is 4.74 Å². The van der Waals surface area contributed by atoms with Crippen molar-refractivity contribution >= 4 is 17.5 Å². The van der Waals surface area contributed by atoms with Crippen LogP contribution in [0.3, 0.4) is 0 Å². The number of fused-ring (bicyclic) bond motifs is 5. The van der Waals surface area contributed by atoms with Crippen LogP contribution in [0.1, 0.15) is 72.6 Å². The predicted molar refractivity (Wildman–Crippen MR) is 102 cm³/mol. The zero-order valence-electron chi connectivity index (χ0n) is 17.0. The zero-order chi connectivity index (χ0) is 19.6. The van der Waals surface area contributed by atoms with Gasteiger partial charge in [-0.15, -0.1) is 0 Å². The summed E-state index contributed by atoms with van der Waals surface area (Å²) in [5, 5.41) is 0. The first-order chi connectivity index (χ1) is 12.7. The van der Waals surface area contributed by atoms with Crippen molar-refractivity contribution in [2.24, 2.45) is 34.5 Å². The highest BCUT2D eigenvalue weighted by Crippen LogP contribution is 2.65. The molecule has 0 heterocycles. The van der Waals surface area contributed by atoms with E-state index in [9.17, 15) is 14.4 Å². The Morgan fingerprint density at radius 1 is 1.04 bits per heavy atom. The van der Waals surface area contributed by atoms with Gasteiger partial charge in [0.1, 0.15) is 11.9 Å². The number of ether oxygens (including phenoxy) is 1. The molecule has 0 amide bonds. The van der Waals surface area contributed by atoms with Crippen LogP contribution in [0.5, 0.6) is 0 Å². The minimum absolute atomic E-state index is 0.0146. The average Bonchev–Trinajstić information content (AvgIpc) is 2.93. The molecule has 0 aromatic rings. The van der Waals surface area contributed by atoms with E-state index in [0.717, 1.165) is 38.5 Å². The molecule has 0 unspecified atom stereocenters. The van der Waals surface area contributed by atoms with Gasteiger partial charge in [0.25, 0.3) is 0 Å². The monoisotopic (exact) mass is 372 g/mol. The Labute approximate surface area is 162 Å². The smallest absolute Gasteiger partial charge is 0.302 e. The molecule has 4 nitrogen and oxygen atoms in total. The third-order valence-electron chi connectivity index (χ3n) is 8.72. The fraction of sp³-hybridized carbons (Fsp3) is 0.783. The third-order valence-corrected chi connectivity index (χ3v) is 8.72. The quantitative estimate of drug-likeness (QED) is 0.679. The van der Waals surface area contributed by atoms with E-state index in [1.807, 2.05) is 6.08 Å². The number of allylic oxidation sites excluding steroid dienone is 1. The Bertz CT molecular complexity index is 722. The molecule has 0 spiro atoms. The maximum absolute atomic E-state index is 13.2. The summed E-state index contributed by atoms with van der Waals surface area (Å²) in [6, 6.07) is 0. The van der Waals surface area contributed by atoms with Crippen molar-refractivity contribution in [2.45, 2.75) is 78.7 Å². The Balaban J connectivity index is 1.65. The van der Waals surface area contributed by atoms with E-state index in [0.29, 0.717) is 24.0 Å². The molecule has 148 valence electrons. The van der Waals surface area contributed by atoms with Crippen molar-refractivity contribution in [3.63, 3.8) is 0 Å². The number of Topliss-reactive ketones (excluding diaryl/α,β-unsaturated/α-hetero) is 1. The second-order valence-electron chi connectivity index (χ2n) is 9.99. The molecule has 4 aliphatic carbocycles. The van der Waals surface area contributed by atoms with Gasteiger partial charge in [-0.2, -0.15) is 0 Å². The first-order valence-corrected chi connectivity index (χ1v) is 10.6. The van der Waals surface area contributed by atoms with Crippen LogP contribution in [0, 0.1) is 34.5 Å². The highest BCUT2D eigenvalue weighted by Gasteiger charge is 2.61. The van der Waals surface area contributed by atoms with Gasteiger partial charge in [0.2, 0.25) is 0 Å². The standard InChI is InChI=1S/C23H32O4/c1-13(24)17-5-6-18-21-19(8-10-23(17,18)4)22(3)9-7-16(27-14(2)25)11-15(22)12-20(21)26/h12,16-19,21H,5-11H2,1-4H3/t16-,17-,18+,19+,21+,22-,23+/m0/s1. The second-order valence-corrected chi connectivity index (χ2v) is 9.99. The molecule has 7 atom stereocenters. The Morgan fingerprint density at radius 2 is 1.78 bits per heavy atom. The van der Waals surface area contributed by atoms with Crippen LogP contribution in [0.4, 0.5) is 0 Å². The number of carbonyl (C=O) groups excluding carboxylic acids is 3. The number of hydrogen-bond donors (Lipinski definition) is 0. The first-order valence-electron chi connectivity index (χ1n) is 10.6. The van der Waals surface area contributed by atoms with Crippen LogP contribution in [0.2, 0.25) is 0 Å². The minimum atomic E-state index is -0.237. The van der Waals surface area contributed by atoms with Crippen molar-refractivity contribution in [2.75, 3.05) is 0 Å². The molecule has 0 saturated heterocycles. The number of hydrogen-bond acceptors (Lipinski definition) is 4. The summed E-state index contributed by atoms with van der Waals surface area (Å²) in [6.45, 7) is 7.77. The lowest BCUT2D eigenvalue weighted by atomic mass is 9.47. The molecular formula is C23H32O4. The van der Waals surface area contributed by atoms with Gasteiger partial charge in [-0.3, -0.25) is 14.4 Å². The summed E-state index contributed by atoms with van der Waals surface area (Å²) in [5.74, 6) is 1.20. The maximum atomic E-state index is 13.2. The van der Waals surface area contributed by atoms with Crippen molar-refractivity contribution in [1.29, 1.82) is 0 Å². The fourth-order valence-corrected chi connectivity index (χ4v) is 7.37.